The van der Waals surface area contributed by atoms with Crippen molar-refractivity contribution in [2.24, 2.45) is 0 Å². The minimum Gasteiger partial charge on any atom is -0.504 e. The molecule has 1 N–H and O–H groups in total. The maximum Gasteiger partial charge on any atom is 0.429 e. The summed E-state index contributed by atoms with van der Waals surface area (Å²) in [6.07, 6.45) is 3.93. The molecular formula is C17H12N2O6. The highest BCUT2D eigenvalue weighted by Crippen LogP contribution is 2.26. The molecule has 0 aliphatic rings. The second-order valence-electron chi connectivity index (χ2n) is 4.96. The summed E-state index contributed by atoms with van der Waals surface area (Å²) < 4.78 is 10.2. The molecule has 2 aromatic heterocycles. The minimum absolute atomic E-state index is 0.0379. The number of benzene rings is 1. The fourth-order valence-electron chi connectivity index (χ4n) is 2.25. The molecule has 2 heterocycles. The highest BCUT2D eigenvalue weighted by molar-refractivity contribution is 5.98. The molecule has 126 valence electrons. The average Bonchev–Trinajstić information content (AvgIpc) is 2.61. The Bertz CT molecular complexity index is 1110. The predicted molar refractivity (Wildman–Crippen MR) is 88.9 cm³/mol. The van der Waals surface area contributed by atoms with Gasteiger partial charge in [-0.1, -0.05) is 6.07 Å². The standard InChI is InChI=1S/C17H12N2O6/c1-24-13-9-10(4-6-12(13)20)5-7-14(21)19-11-3-2-8-18-15(11)16(22)25-17(19)23/h2-9,20H,1H3/b7-5+. The lowest BCUT2D eigenvalue weighted by Crippen LogP contribution is -2.29. The number of pyridine rings is 1. The quantitative estimate of drug-likeness (QED) is 0.718. The Morgan fingerprint density at radius 2 is 2.12 bits per heavy atom. The van der Waals surface area contributed by atoms with Gasteiger partial charge in [-0.3, -0.25) is 4.79 Å². The molecule has 0 spiro atoms. The summed E-state index contributed by atoms with van der Waals surface area (Å²) in [5.41, 5.74) is -0.399. The highest BCUT2D eigenvalue weighted by Gasteiger charge is 2.14. The molecule has 0 unspecified atom stereocenters. The van der Waals surface area contributed by atoms with E-state index in [4.69, 9.17) is 4.74 Å². The van der Waals surface area contributed by atoms with Crippen LogP contribution < -0.4 is 16.1 Å². The van der Waals surface area contributed by atoms with Crippen LogP contribution in [0.4, 0.5) is 0 Å². The summed E-state index contributed by atoms with van der Waals surface area (Å²) >= 11 is 0. The van der Waals surface area contributed by atoms with Gasteiger partial charge in [0.2, 0.25) is 0 Å². The van der Waals surface area contributed by atoms with Crippen molar-refractivity contribution in [3.63, 3.8) is 0 Å². The van der Waals surface area contributed by atoms with E-state index in [0.29, 0.717) is 5.56 Å². The zero-order valence-electron chi connectivity index (χ0n) is 13.0. The molecule has 3 rings (SSSR count). The number of nitrogens with zero attached hydrogens (tertiary/aromatic N) is 2. The van der Waals surface area contributed by atoms with Gasteiger partial charge in [-0.15, -0.1) is 0 Å². The van der Waals surface area contributed by atoms with Crippen LogP contribution >= 0.6 is 0 Å². The number of phenols is 1. The lowest BCUT2D eigenvalue weighted by Gasteiger charge is -2.04. The topological polar surface area (TPSA) is 112 Å². The minimum atomic E-state index is -1.09. The van der Waals surface area contributed by atoms with Crippen LogP contribution in [-0.4, -0.2) is 27.7 Å². The summed E-state index contributed by atoms with van der Waals surface area (Å²) in [5.74, 6) is -1.60. The van der Waals surface area contributed by atoms with Gasteiger partial charge in [-0.25, -0.2) is 19.1 Å². The van der Waals surface area contributed by atoms with E-state index in [2.05, 4.69) is 9.40 Å². The summed E-state index contributed by atoms with van der Waals surface area (Å²) in [6, 6.07) is 7.42. The molecule has 8 heteroatoms. The smallest absolute Gasteiger partial charge is 0.429 e. The number of ether oxygens (including phenoxy) is 1. The van der Waals surface area contributed by atoms with E-state index in [9.17, 15) is 19.5 Å². The average molecular weight is 340 g/mol. The Hall–Kier alpha value is -3.68. The first-order valence-electron chi connectivity index (χ1n) is 7.11. The molecule has 8 nitrogen and oxygen atoms in total. The first-order valence-corrected chi connectivity index (χ1v) is 7.11. The second-order valence-corrected chi connectivity index (χ2v) is 4.96. The molecule has 0 radical (unpaired) electrons. The van der Waals surface area contributed by atoms with Crippen LogP contribution in [0.3, 0.4) is 0 Å². The molecule has 0 fully saturated rings. The van der Waals surface area contributed by atoms with E-state index < -0.39 is 17.3 Å². The van der Waals surface area contributed by atoms with Gasteiger partial charge in [0, 0.05) is 12.3 Å². The van der Waals surface area contributed by atoms with Gasteiger partial charge in [0.1, 0.15) is 0 Å². The second kappa shape index (κ2) is 6.44. The third kappa shape index (κ3) is 3.05. The zero-order valence-corrected chi connectivity index (χ0v) is 13.0. The van der Waals surface area contributed by atoms with Crippen LogP contribution in [0.5, 0.6) is 11.5 Å². The van der Waals surface area contributed by atoms with Crippen LogP contribution in [0.25, 0.3) is 17.1 Å². The van der Waals surface area contributed by atoms with Crippen molar-refractivity contribution in [2.45, 2.75) is 0 Å². The Balaban J connectivity index is 2.04. The molecule has 0 bridgehead atoms. The first-order chi connectivity index (χ1) is 12.0. The number of aromatic hydroxyl groups is 1. The normalized spacial score (nSPS) is 11.1. The summed E-state index contributed by atoms with van der Waals surface area (Å²) in [7, 11) is 1.40. The molecule has 25 heavy (non-hydrogen) atoms. The first kappa shape index (κ1) is 16.2. The van der Waals surface area contributed by atoms with Gasteiger partial charge in [-0.05, 0) is 35.9 Å². The van der Waals surface area contributed by atoms with Crippen LogP contribution in [0.1, 0.15) is 10.4 Å². The molecule has 3 aromatic rings. The number of carbonyl (C=O) groups is 1. The molecule has 0 aliphatic heterocycles. The fourth-order valence-corrected chi connectivity index (χ4v) is 2.25. The molecule has 0 amide bonds. The largest absolute Gasteiger partial charge is 0.504 e. The Labute approximate surface area is 140 Å². The number of rotatable bonds is 3. The van der Waals surface area contributed by atoms with Crippen molar-refractivity contribution in [1.82, 2.24) is 9.55 Å². The van der Waals surface area contributed by atoms with Crippen LogP contribution in [0.15, 0.2) is 56.6 Å². The highest BCUT2D eigenvalue weighted by atomic mass is 16.5. The molecule has 0 aliphatic carbocycles. The van der Waals surface area contributed by atoms with Crippen LogP contribution in [0, 0.1) is 0 Å². The van der Waals surface area contributed by atoms with Crippen molar-refractivity contribution >= 4 is 23.0 Å². The summed E-state index contributed by atoms with van der Waals surface area (Å²) in [6.45, 7) is 0. The van der Waals surface area contributed by atoms with Crippen molar-refractivity contribution in [2.75, 3.05) is 7.11 Å². The zero-order chi connectivity index (χ0) is 18.0. The molecule has 1 aromatic carbocycles. The predicted octanol–water partition coefficient (Wildman–Crippen LogP) is 1.42. The van der Waals surface area contributed by atoms with E-state index in [1.165, 1.54) is 43.6 Å². The molecule has 0 saturated heterocycles. The number of fused-ring (bicyclic) bond motifs is 1. The number of carbonyl (C=O) groups excluding carboxylic acids is 1. The number of phenolic OH excluding ortho intramolecular Hbond substituents is 1. The van der Waals surface area contributed by atoms with Gasteiger partial charge < -0.3 is 14.3 Å². The van der Waals surface area contributed by atoms with Crippen molar-refractivity contribution in [3.8, 4) is 11.5 Å². The number of hydrogen-bond donors (Lipinski definition) is 1. The monoisotopic (exact) mass is 340 g/mol. The lowest BCUT2D eigenvalue weighted by molar-refractivity contribution is 0.0960. The number of allylic oxidation sites excluding steroid dienone is 1. The number of methoxy groups -OCH3 is 1. The summed E-state index contributed by atoms with van der Waals surface area (Å²) in [4.78, 5) is 39.8. The lowest BCUT2D eigenvalue weighted by atomic mass is 10.2. The van der Waals surface area contributed by atoms with E-state index in [1.807, 2.05) is 0 Å². The third-order valence-electron chi connectivity index (χ3n) is 3.43. The van der Waals surface area contributed by atoms with Crippen molar-refractivity contribution in [3.05, 3.63) is 69.1 Å². The van der Waals surface area contributed by atoms with Crippen LogP contribution in [0.2, 0.25) is 0 Å². The van der Waals surface area contributed by atoms with E-state index >= 15 is 0 Å². The van der Waals surface area contributed by atoms with E-state index in [-0.39, 0.29) is 22.5 Å². The van der Waals surface area contributed by atoms with Crippen LogP contribution in [-0.2, 0) is 0 Å². The van der Waals surface area contributed by atoms with Crippen molar-refractivity contribution in [1.29, 1.82) is 0 Å². The molecule has 0 atom stereocenters. The fraction of sp³-hybridized carbons (Fsp3) is 0.0588. The van der Waals surface area contributed by atoms with Gasteiger partial charge >= 0.3 is 11.4 Å². The maximum absolute atomic E-state index is 12.4. The molecule has 0 saturated carbocycles. The number of aromatic nitrogens is 2. The van der Waals surface area contributed by atoms with Gasteiger partial charge in [-0.2, -0.15) is 0 Å². The van der Waals surface area contributed by atoms with E-state index in [1.54, 1.807) is 6.07 Å². The Kier molecular flexibility index (Phi) is 4.17. The Morgan fingerprint density at radius 3 is 2.88 bits per heavy atom. The third-order valence-corrected chi connectivity index (χ3v) is 3.43. The summed E-state index contributed by atoms with van der Waals surface area (Å²) in [5, 5.41) is 9.56. The van der Waals surface area contributed by atoms with E-state index in [0.717, 1.165) is 10.6 Å². The van der Waals surface area contributed by atoms with Gasteiger partial charge in [0.05, 0.1) is 12.6 Å². The Morgan fingerprint density at radius 1 is 1.32 bits per heavy atom. The van der Waals surface area contributed by atoms with Gasteiger partial charge in [0.15, 0.2) is 17.0 Å². The SMILES string of the molecule is COc1cc(/C=C/C(=O)n2c(=O)oc(=O)c3ncccc32)ccc1O. The number of hydrogen-bond acceptors (Lipinski definition) is 7. The molecular weight excluding hydrogens is 328 g/mol. The van der Waals surface area contributed by atoms with Gasteiger partial charge in [0.25, 0.3) is 5.91 Å². The van der Waals surface area contributed by atoms with Crippen molar-refractivity contribution < 1.29 is 19.1 Å². The maximum atomic E-state index is 12.4.